The van der Waals surface area contributed by atoms with Gasteiger partial charge in [0.1, 0.15) is 0 Å². The molecule has 2 aliphatic rings. The van der Waals surface area contributed by atoms with Crippen LogP contribution < -0.4 is 5.56 Å². The molecular formula is C36H45NO4. The minimum atomic E-state index is -0.906. The van der Waals surface area contributed by atoms with Gasteiger partial charge in [-0.3, -0.25) is 4.79 Å². The monoisotopic (exact) mass is 555 g/mol. The smallest absolute Gasteiger partial charge is 0.335 e. The van der Waals surface area contributed by atoms with Crippen molar-refractivity contribution < 1.29 is 15.1 Å². The van der Waals surface area contributed by atoms with E-state index in [1.54, 1.807) is 12.1 Å². The first-order chi connectivity index (χ1) is 19.2. The van der Waals surface area contributed by atoms with Crippen LogP contribution in [0.1, 0.15) is 128 Å². The van der Waals surface area contributed by atoms with Crippen molar-refractivity contribution in [3.8, 4) is 0 Å². The summed E-state index contributed by atoms with van der Waals surface area (Å²) < 4.78 is 0.822. The number of rotatable bonds is 4. The fourth-order valence-electron chi connectivity index (χ4n) is 6.43. The lowest BCUT2D eigenvalue weighted by atomic mass is 9.62. The maximum absolute atomic E-state index is 11.4. The Balaban J connectivity index is 0.000000218. The van der Waals surface area contributed by atoms with Crippen molar-refractivity contribution in [3.05, 3.63) is 110 Å². The molecule has 0 atom stereocenters. The summed E-state index contributed by atoms with van der Waals surface area (Å²) in [4.78, 5) is 22.5. The number of fused-ring (bicyclic) bond motifs is 1. The normalized spacial score (nSPS) is 17.6. The molecule has 218 valence electrons. The Hall–Kier alpha value is -3.60. The molecule has 5 nitrogen and oxygen atoms in total. The molecule has 1 fully saturated rings. The predicted octanol–water partition coefficient (Wildman–Crippen LogP) is 8.55. The summed E-state index contributed by atoms with van der Waals surface area (Å²) in [6.45, 7) is 17.7. The Morgan fingerprint density at radius 3 is 1.95 bits per heavy atom. The maximum Gasteiger partial charge on any atom is 0.335 e. The molecule has 5 heteroatoms. The Bertz CT molecular complexity index is 1500. The van der Waals surface area contributed by atoms with Crippen LogP contribution in [0.15, 0.2) is 59.9 Å². The molecule has 41 heavy (non-hydrogen) atoms. The number of aryl methyl sites for hydroxylation is 2. The summed E-state index contributed by atoms with van der Waals surface area (Å²) in [5.41, 5.74) is 9.21. The third kappa shape index (κ3) is 6.50. The van der Waals surface area contributed by atoms with Crippen molar-refractivity contribution in [1.82, 2.24) is 4.73 Å². The van der Waals surface area contributed by atoms with E-state index in [0.29, 0.717) is 11.5 Å². The Morgan fingerprint density at radius 1 is 0.854 bits per heavy atom. The van der Waals surface area contributed by atoms with Crippen molar-refractivity contribution in [2.24, 2.45) is 0 Å². The van der Waals surface area contributed by atoms with E-state index in [0.717, 1.165) is 45.5 Å². The first kappa shape index (κ1) is 30.4. The van der Waals surface area contributed by atoms with Crippen molar-refractivity contribution in [2.75, 3.05) is 0 Å². The molecule has 2 aliphatic carbocycles. The van der Waals surface area contributed by atoms with Gasteiger partial charge in [-0.1, -0.05) is 77.8 Å². The zero-order valence-corrected chi connectivity index (χ0v) is 25.5. The summed E-state index contributed by atoms with van der Waals surface area (Å²) in [7, 11) is 0. The van der Waals surface area contributed by atoms with Crippen molar-refractivity contribution >= 4 is 11.5 Å². The Kier molecular flexibility index (Phi) is 8.67. The van der Waals surface area contributed by atoms with Gasteiger partial charge < -0.3 is 10.3 Å². The number of carboxylic acids is 1. The number of carboxylic acid groups (broad SMARTS) is 1. The van der Waals surface area contributed by atoms with E-state index in [4.69, 9.17) is 5.11 Å². The first-order valence-electron chi connectivity index (χ1n) is 14.8. The largest absolute Gasteiger partial charge is 0.478 e. The highest BCUT2D eigenvalue weighted by Gasteiger charge is 2.37. The van der Waals surface area contributed by atoms with E-state index in [1.807, 2.05) is 25.1 Å². The van der Waals surface area contributed by atoms with Gasteiger partial charge in [-0.25, -0.2) is 4.79 Å². The molecular weight excluding hydrogens is 510 g/mol. The highest BCUT2D eigenvalue weighted by molar-refractivity contribution is 5.89. The van der Waals surface area contributed by atoms with Gasteiger partial charge >= 0.3 is 5.97 Å². The number of carbonyl (C=O) groups is 1. The third-order valence-electron chi connectivity index (χ3n) is 9.21. The van der Waals surface area contributed by atoms with Gasteiger partial charge in [-0.15, -0.1) is 0 Å². The van der Waals surface area contributed by atoms with E-state index in [2.05, 4.69) is 53.3 Å². The summed E-state index contributed by atoms with van der Waals surface area (Å²) in [5, 5.41) is 18.8. The number of aromatic carboxylic acids is 1. The van der Waals surface area contributed by atoms with E-state index >= 15 is 0 Å². The average Bonchev–Trinajstić information content (AvgIpc) is 2.93. The van der Waals surface area contributed by atoms with Crippen molar-refractivity contribution in [1.29, 1.82) is 0 Å². The van der Waals surface area contributed by atoms with Gasteiger partial charge in [0.15, 0.2) is 0 Å². The lowest BCUT2D eigenvalue weighted by Crippen LogP contribution is -2.34. The van der Waals surface area contributed by atoms with Gasteiger partial charge in [0, 0.05) is 12.0 Å². The fourth-order valence-corrected chi connectivity index (χ4v) is 6.43. The minimum absolute atomic E-state index is 0.154. The van der Waals surface area contributed by atoms with E-state index < -0.39 is 5.97 Å². The minimum Gasteiger partial charge on any atom is -0.478 e. The van der Waals surface area contributed by atoms with Crippen LogP contribution in [0, 0.1) is 13.8 Å². The number of hydrogen-bond acceptors (Lipinski definition) is 3. The fraction of sp³-hybridized carbons (Fsp3) is 0.444. The second-order valence-electron chi connectivity index (χ2n) is 13.3. The highest BCUT2D eigenvalue weighted by Crippen LogP contribution is 2.47. The SMILES string of the molecule is C=C(c1ccc(C(=O)O)cc1)c1cc2c(cc1C)C(C)(C)CCC2(C)C.Cc1cc(C2CCCCC2)n(O)c(=O)c1. The number of benzene rings is 2. The second kappa shape index (κ2) is 11.7. The number of hydrogen-bond donors (Lipinski definition) is 2. The maximum atomic E-state index is 11.4. The van der Waals surface area contributed by atoms with E-state index in [9.17, 15) is 14.8 Å². The van der Waals surface area contributed by atoms with Crippen LogP contribution in [-0.4, -0.2) is 21.0 Å². The molecule has 0 bridgehead atoms. The van der Waals surface area contributed by atoms with Crippen LogP contribution in [0.3, 0.4) is 0 Å². The zero-order chi connectivity index (χ0) is 30.1. The molecule has 3 aromatic rings. The number of nitrogens with zero attached hydrogens (tertiary/aromatic N) is 1. The molecule has 0 radical (unpaired) electrons. The van der Waals surface area contributed by atoms with Crippen LogP contribution in [0.4, 0.5) is 0 Å². The molecule has 5 rings (SSSR count). The molecule has 0 aliphatic heterocycles. The van der Waals surface area contributed by atoms with Crippen LogP contribution in [0.25, 0.3) is 5.57 Å². The Labute approximate surface area is 244 Å². The summed E-state index contributed by atoms with van der Waals surface area (Å²) >= 11 is 0. The Morgan fingerprint density at radius 2 is 1.39 bits per heavy atom. The highest BCUT2D eigenvalue weighted by atomic mass is 16.5. The van der Waals surface area contributed by atoms with Gasteiger partial charge in [0.05, 0.1) is 11.3 Å². The predicted molar refractivity (Wildman–Crippen MR) is 166 cm³/mol. The lowest BCUT2D eigenvalue weighted by molar-refractivity contribution is 0.0697. The molecule has 1 aromatic heterocycles. The molecule has 1 saturated carbocycles. The van der Waals surface area contributed by atoms with Gasteiger partial charge in [-0.2, -0.15) is 4.73 Å². The third-order valence-corrected chi connectivity index (χ3v) is 9.21. The molecule has 1 heterocycles. The second-order valence-corrected chi connectivity index (χ2v) is 13.3. The van der Waals surface area contributed by atoms with Gasteiger partial charge in [-0.05, 0) is 108 Å². The average molecular weight is 556 g/mol. The van der Waals surface area contributed by atoms with Crippen LogP contribution in [-0.2, 0) is 10.8 Å². The summed E-state index contributed by atoms with van der Waals surface area (Å²) in [6.07, 6.45) is 8.23. The quantitative estimate of drug-likeness (QED) is 0.316. The van der Waals surface area contributed by atoms with E-state index in [-0.39, 0.29) is 16.4 Å². The van der Waals surface area contributed by atoms with Gasteiger partial charge in [0.2, 0.25) is 0 Å². The van der Waals surface area contributed by atoms with E-state index in [1.165, 1.54) is 54.9 Å². The molecule has 2 aromatic carbocycles. The molecule has 2 N–H and O–H groups in total. The standard InChI is InChI=1S/C24H28O2.C12H17NO2/c1-15-13-20-21(24(5,6)12-11-23(20,3)4)14-19(15)16(2)17-7-9-18(10-8-17)22(25)26;1-9-7-11(13(15)12(14)8-9)10-5-3-2-4-6-10/h7-10,13-14H,2,11-12H2,1,3-6H3,(H,25,26);7-8,10,15H,2-6H2,1H3. The molecule has 0 amide bonds. The van der Waals surface area contributed by atoms with Gasteiger partial charge in [0.25, 0.3) is 5.56 Å². The van der Waals surface area contributed by atoms with Crippen molar-refractivity contribution in [3.63, 3.8) is 0 Å². The first-order valence-corrected chi connectivity index (χ1v) is 14.8. The molecule has 0 unspecified atom stereocenters. The zero-order valence-electron chi connectivity index (χ0n) is 25.5. The van der Waals surface area contributed by atoms with Crippen molar-refractivity contribution in [2.45, 2.75) is 103 Å². The summed E-state index contributed by atoms with van der Waals surface area (Å²) in [5.74, 6) is -0.549. The lowest BCUT2D eigenvalue weighted by Gasteiger charge is -2.42. The summed E-state index contributed by atoms with van der Waals surface area (Å²) in [6, 6.07) is 15.0. The van der Waals surface area contributed by atoms with Crippen LogP contribution >= 0.6 is 0 Å². The van der Waals surface area contributed by atoms with Crippen LogP contribution in [0.2, 0.25) is 0 Å². The topological polar surface area (TPSA) is 79.5 Å². The number of pyridine rings is 1. The molecule has 0 saturated heterocycles. The van der Waals surface area contributed by atoms with Crippen LogP contribution in [0.5, 0.6) is 0 Å². The molecule has 0 spiro atoms. The number of aromatic nitrogens is 1.